The Bertz CT molecular complexity index is 628. The summed E-state index contributed by atoms with van der Waals surface area (Å²) in [5.74, 6) is -1.73. The third-order valence-electron chi connectivity index (χ3n) is 2.89. The average molecular weight is 294 g/mol. The Hall–Kier alpha value is -2.07. The summed E-state index contributed by atoms with van der Waals surface area (Å²) in [5, 5.41) is 12.1. The highest BCUT2D eigenvalue weighted by atomic mass is 35.5. The van der Waals surface area contributed by atoms with Crippen LogP contribution in [-0.4, -0.2) is 11.1 Å². The highest BCUT2D eigenvalue weighted by Crippen LogP contribution is 2.24. The van der Waals surface area contributed by atoms with Gasteiger partial charge in [-0.15, -0.1) is 0 Å². The molecule has 2 rings (SSSR count). The molecule has 0 aromatic heterocycles. The van der Waals surface area contributed by atoms with Crippen molar-refractivity contribution in [3.8, 4) is 0 Å². The Morgan fingerprint density at radius 2 is 1.90 bits per heavy atom. The fourth-order valence-electron chi connectivity index (χ4n) is 1.80. The van der Waals surface area contributed by atoms with Gasteiger partial charge < -0.3 is 10.4 Å². The van der Waals surface area contributed by atoms with Crippen LogP contribution in [0, 0.1) is 12.7 Å². The summed E-state index contributed by atoms with van der Waals surface area (Å²) in [6.45, 7) is 1.94. The molecular formula is C15H13ClFNO2. The van der Waals surface area contributed by atoms with Gasteiger partial charge in [0.15, 0.2) is 6.04 Å². The van der Waals surface area contributed by atoms with Gasteiger partial charge in [-0.3, -0.25) is 0 Å². The maximum atomic E-state index is 13.4. The topological polar surface area (TPSA) is 49.3 Å². The maximum absolute atomic E-state index is 13.4. The largest absolute Gasteiger partial charge is 0.479 e. The fraction of sp³-hybridized carbons (Fsp3) is 0.133. The van der Waals surface area contributed by atoms with Crippen molar-refractivity contribution in [2.24, 2.45) is 0 Å². The van der Waals surface area contributed by atoms with Crippen LogP contribution in [0.5, 0.6) is 0 Å². The van der Waals surface area contributed by atoms with E-state index < -0.39 is 17.8 Å². The molecule has 0 fully saturated rings. The van der Waals surface area contributed by atoms with E-state index in [1.54, 1.807) is 12.1 Å². The average Bonchev–Trinajstić information content (AvgIpc) is 2.41. The van der Waals surface area contributed by atoms with Gasteiger partial charge in [0.2, 0.25) is 0 Å². The van der Waals surface area contributed by atoms with Crippen LogP contribution in [0.15, 0.2) is 42.5 Å². The molecule has 1 atom stereocenters. The quantitative estimate of drug-likeness (QED) is 0.895. The normalized spacial score (nSPS) is 11.9. The van der Waals surface area contributed by atoms with Gasteiger partial charge in [0, 0.05) is 5.69 Å². The number of hydrogen-bond donors (Lipinski definition) is 2. The summed E-state index contributed by atoms with van der Waals surface area (Å²) >= 11 is 5.60. The summed E-state index contributed by atoms with van der Waals surface area (Å²) in [7, 11) is 0. The van der Waals surface area contributed by atoms with E-state index in [0.717, 1.165) is 11.6 Å². The monoisotopic (exact) mass is 293 g/mol. The standard InChI is InChI=1S/C15H13ClFNO2/c1-9-2-5-11(6-3-9)18-14(15(19)20)10-4-7-12(16)13(17)8-10/h2-8,14,18H,1H3,(H,19,20). The Balaban J connectivity index is 2.29. The Labute approximate surface area is 121 Å². The third kappa shape index (κ3) is 3.27. The zero-order chi connectivity index (χ0) is 14.7. The van der Waals surface area contributed by atoms with E-state index in [2.05, 4.69) is 5.32 Å². The van der Waals surface area contributed by atoms with Gasteiger partial charge in [0.05, 0.1) is 5.02 Å². The van der Waals surface area contributed by atoms with Crippen LogP contribution in [0.3, 0.4) is 0 Å². The molecule has 0 aliphatic carbocycles. The SMILES string of the molecule is Cc1ccc(NC(C(=O)O)c2ccc(Cl)c(F)c2)cc1. The van der Waals surface area contributed by atoms with E-state index in [-0.39, 0.29) is 5.02 Å². The molecule has 0 radical (unpaired) electrons. The lowest BCUT2D eigenvalue weighted by molar-refractivity contribution is -0.138. The number of benzene rings is 2. The first-order valence-corrected chi connectivity index (χ1v) is 6.36. The van der Waals surface area contributed by atoms with Crippen molar-refractivity contribution in [1.29, 1.82) is 0 Å². The number of rotatable bonds is 4. The number of aliphatic carboxylic acids is 1. The van der Waals surface area contributed by atoms with Gasteiger partial charge in [0.1, 0.15) is 5.82 Å². The second-order valence-electron chi connectivity index (χ2n) is 4.46. The molecule has 1 unspecified atom stereocenters. The molecule has 0 spiro atoms. The molecule has 0 saturated carbocycles. The highest BCUT2D eigenvalue weighted by molar-refractivity contribution is 6.30. The van der Waals surface area contributed by atoms with Gasteiger partial charge >= 0.3 is 5.97 Å². The maximum Gasteiger partial charge on any atom is 0.330 e. The molecule has 2 aromatic rings. The van der Waals surface area contributed by atoms with Crippen LogP contribution < -0.4 is 5.32 Å². The Morgan fingerprint density at radius 3 is 2.45 bits per heavy atom. The van der Waals surface area contributed by atoms with E-state index in [1.807, 2.05) is 19.1 Å². The first kappa shape index (κ1) is 14.3. The first-order valence-electron chi connectivity index (χ1n) is 5.98. The lowest BCUT2D eigenvalue weighted by Crippen LogP contribution is -2.20. The number of nitrogens with one attached hydrogen (secondary N) is 1. The smallest absolute Gasteiger partial charge is 0.330 e. The van der Waals surface area contributed by atoms with Crippen LogP contribution in [0.2, 0.25) is 5.02 Å². The summed E-state index contributed by atoms with van der Waals surface area (Å²) in [6.07, 6.45) is 0. The summed E-state index contributed by atoms with van der Waals surface area (Å²) in [6, 6.07) is 10.2. The Morgan fingerprint density at radius 1 is 1.25 bits per heavy atom. The minimum absolute atomic E-state index is 0.0341. The van der Waals surface area contributed by atoms with Crippen molar-refractivity contribution >= 4 is 23.3 Å². The van der Waals surface area contributed by atoms with E-state index in [9.17, 15) is 14.3 Å². The Kier molecular flexibility index (Phi) is 4.25. The predicted octanol–water partition coefficient (Wildman–Crippen LogP) is 4.03. The molecular weight excluding hydrogens is 281 g/mol. The van der Waals surface area contributed by atoms with Crippen LogP contribution in [0.4, 0.5) is 10.1 Å². The van der Waals surface area contributed by atoms with E-state index in [0.29, 0.717) is 11.3 Å². The van der Waals surface area contributed by atoms with E-state index in [4.69, 9.17) is 11.6 Å². The molecule has 0 aliphatic heterocycles. The molecule has 0 bridgehead atoms. The van der Waals surface area contributed by atoms with Crippen molar-refractivity contribution in [1.82, 2.24) is 0 Å². The highest BCUT2D eigenvalue weighted by Gasteiger charge is 2.20. The lowest BCUT2D eigenvalue weighted by Gasteiger charge is -2.16. The number of halogens is 2. The van der Waals surface area contributed by atoms with Crippen molar-refractivity contribution in [3.05, 3.63) is 64.4 Å². The lowest BCUT2D eigenvalue weighted by atomic mass is 10.1. The second-order valence-corrected chi connectivity index (χ2v) is 4.86. The fourth-order valence-corrected chi connectivity index (χ4v) is 1.91. The number of aryl methyl sites for hydroxylation is 1. The van der Waals surface area contributed by atoms with Crippen molar-refractivity contribution < 1.29 is 14.3 Å². The molecule has 20 heavy (non-hydrogen) atoms. The first-order chi connectivity index (χ1) is 9.47. The zero-order valence-electron chi connectivity index (χ0n) is 10.7. The van der Waals surface area contributed by atoms with Gasteiger partial charge in [-0.25, -0.2) is 9.18 Å². The zero-order valence-corrected chi connectivity index (χ0v) is 11.5. The molecule has 2 aromatic carbocycles. The number of carbonyl (C=O) groups is 1. The number of carboxylic acids is 1. The van der Waals surface area contributed by atoms with Crippen LogP contribution in [0.1, 0.15) is 17.2 Å². The minimum atomic E-state index is -1.09. The molecule has 0 amide bonds. The van der Waals surface area contributed by atoms with Crippen LogP contribution in [-0.2, 0) is 4.79 Å². The van der Waals surface area contributed by atoms with Gasteiger partial charge in [-0.05, 0) is 36.8 Å². The predicted molar refractivity (Wildman–Crippen MR) is 76.6 cm³/mol. The number of carboxylic acid groups (broad SMARTS) is 1. The number of hydrogen-bond acceptors (Lipinski definition) is 2. The third-order valence-corrected chi connectivity index (χ3v) is 3.19. The molecule has 3 nitrogen and oxygen atoms in total. The van der Waals surface area contributed by atoms with Crippen molar-refractivity contribution in [2.75, 3.05) is 5.32 Å². The number of anilines is 1. The van der Waals surface area contributed by atoms with E-state index in [1.165, 1.54) is 12.1 Å². The van der Waals surface area contributed by atoms with Crippen molar-refractivity contribution in [2.45, 2.75) is 13.0 Å². The molecule has 104 valence electrons. The van der Waals surface area contributed by atoms with Crippen LogP contribution in [0.25, 0.3) is 0 Å². The summed E-state index contributed by atoms with van der Waals surface area (Å²) in [5.41, 5.74) is 2.03. The summed E-state index contributed by atoms with van der Waals surface area (Å²) < 4.78 is 13.4. The molecule has 0 heterocycles. The second kappa shape index (κ2) is 5.92. The minimum Gasteiger partial charge on any atom is -0.479 e. The van der Waals surface area contributed by atoms with Gasteiger partial charge in [0.25, 0.3) is 0 Å². The molecule has 2 N–H and O–H groups in total. The van der Waals surface area contributed by atoms with Gasteiger partial charge in [-0.1, -0.05) is 35.4 Å². The van der Waals surface area contributed by atoms with E-state index >= 15 is 0 Å². The molecule has 0 aliphatic rings. The molecule has 0 saturated heterocycles. The van der Waals surface area contributed by atoms with Crippen molar-refractivity contribution in [3.63, 3.8) is 0 Å². The summed E-state index contributed by atoms with van der Waals surface area (Å²) in [4.78, 5) is 11.3. The van der Waals surface area contributed by atoms with Crippen LogP contribution >= 0.6 is 11.6 Å². The molecule has 5 heteroatoms. The van der Waals surface area contributed by atoms with Gasteiger partial charge in [-0.2, -0.15) is 0 Å².